The van der Waals surface area contributed by atoms with Crippen LogP contribution in [-0.4, -0.2) is 28.9 Å². The van der Waals surface area contributed by atoms with Crippen LogP contribution in [0.4, 0.5) is 5.69 Å². The number of aryl methyl sites for hydroxylation is 1. The molecule has 1 aromatic heterocycles. The van der Waals surface area contributed by atoms with Crippen LogP contribution < -0.4 is 0 Å². The van der Waals surface area contributed by atoms with Crippen LogP contribution in [0.1, 0.15) is 18.1 Å². The van der Waals surface area contributed by atoms with Gasteiger partial charge in [0.2, 0.25) is 0 Å². The van der Waals surface area contributed by atoms with E-state index in [2.05, 4.69) is 9.98 Å². The van der Waals surface area contributed by atoms with Crippen LogP contribution in [0, 0.1) is 6.92 Å². The maximum atomic E-state index is 12.3. The number of aromatic nitrogens is 1. The largest absolute Gasteiger partial charge is 0.506 e. The van der Waals surface area contributed by atoms with E-state index in [0.717, 1.165) is 5.56 Å². The second-order valence-electron chi connectivity index (χ2n) is 5.12. The predicted molar refractivity (Wildman–Crippen MR) is 105 cm³/mol. The highest BCUT2D eigenvalue weighted by Gasteiger charge is 2.19. The number of benzene rings is 1. The van der Waals surface area contributed by atoms with Crippen LogP contribution in [0.3, 0.4) is 0 Å². The van der Waals surface area contributed by atoms with Crippen LogP contribution in [0.2, 0.25) is 15.3 Å². The molecular weight excluding hydrogens is 399 g/mol. The van der Waals surface area contributed by atoms with Gasteiger partial charge in [-0.15, -0.1) is 0 Å². The lowest BCUT2D eigenvalue weighted by atomic mass is 10.1. The number of aliphatic hydroxyl groups is 1. The Balaban J connectivity index is 2.56. The molecule has 5 nitrogen and oxygen atoms in total. The fraction of sp³-hybridized carbons (Fsp3) is 0.167. The van der Waals surface area contributed by atoms with E-state index in [1.807, 2.05) is 13.0 Å². The van der Waals surface area contributed by atoms with Gasteiger partial charge in [0.1, 0.15) is 21.6 Å². The molecule has 0 radical (unpaired) electrons. The van der Waals surface area contributed by atoms with Crippen LogP contribution >= 0.6 is 34.8 Å². The molecule has 26 heavy (non-hydrogen) atoms. The molecule has 8 heteroatoms. The summed E-state index contributed by atoms with van der Waals surface area (Å²) in [5, 5.41) is 11.1. The highest BCUT2D eigenvalue weighted by molar-refractivity contribution is 6.34. The van der Waals surface area contributed by atoms with Crippen molar-refractivity contribution in [2.75, 3.05) is 6.61 Å². The third kappa shape index (κ3) is 4.75. The Morgan fingerprint density at radius 1 is 1.27 bits per heavy atom. The third-order valence-electron chi connectivity index (χ3n) is 3.33. The Bertz CT molecular complexity index is 875. The van der Waals surface area contributed by atoms with E-state index in [-0.39, 0.29) is 28.0 Å². The van der Waals surface area contributed by atoms with Gasteiger partial charge in [-0.05, 0) is 37.6 Å². The zero-order valence-electron chi connectivity index (χ0n) is 14.0. The lowest BCUT2D eigenvalue weighted by Gasteiger charge is -2.09. The molecule has 2 aromatic rings. The van der Waals surface area contributed by atoms with Gasteiger partial charge >= 0.3 is 5.97 Å². The lowest BCUT2D eigenvalue weighted by molar-refractivity contribution is -0.137. The molecule has 0 fully saturated rings. The Morgan fingerprint density at radius 2 is 2.00 bits per heavy atom. The first-order valence-electron chi connectivity index (χ1n) is 7.57. The SMILES string of the molecule is CCOC(=O)/C(C=Nc1c(C)cccc1Cl)=C(\O)c1ccc(Cl)nc1Cl. The van der Waals surface area contributed by atoms with Gasteiger partial charge in [0.25, 0.3) is 0 Å². The minimum Gasteiger partial charge on any atom is -0.506 e. The topological polar surface area (TPSA) is 71.8 Å². The molecule has 0 aliphatic carbocycles. The number of pyridine rings is 1. The lowest BCUT2D eigenvalue weighted by Crippen LogP contribution is -2.11. The quantitative estimate of drug-likeness (QED) is 0.228. The highest BCUT2D eigenvalue weighted by Crippen LogP contribution is 2.29. The molecule has 0 saturated carbocycles. The number of carbonyl (C=O) groups is 1. The van der Waals surface area contributed by atoms with E-state index >= 15 is 0 Å². The number of aliphatic imine (C=N–C) groups is 1. The summed E-state index contributed by atoms with van der Waals surface area (Å²) in [5.74, 6) is -1.18. The van der Waals surface area contributed by atoms with Crippen LogP contribution in [0.25, 0.3) is 5.76 Å². The van der Waals surface area contributed by atoms with Crippen molar-refractivity contribution < 1.29 is 14.6 Å². The van der Waals surface area contributed by atoms with Crippen molar-refractivity contribution in [1.29, 1.82) is 0 Å². The van der Waals surface area contributed by atoms with Gasteiger partial charge in [-0.2, -0.15) is 0 Å². The van der Waals surface area contributed by atoms with Crippen molar-refractivity contribution in [3.8, 4) is 0 Å². The molecule has 0 aliphatic rings. The number of aliphatic hydroxyl groups excluding tert-OH is 1. The van der Waals surface area contributed by atoms with E-state index < -0.39 is 11.7 Å². The summed E-state index contributed by atoms with van der Waals surface area (Å²) in [4.78, 5) is 20.4. The van der Waals surface area contributed by atoms with Gasteiger partial charge in [-0.3, -0.25) is 4.99 Å². The molecule has 0 bridgehead atoms. The van der Waals surface area contributed by atoms with Crippen LogP contribution in [0.15, 0.2) is 40.9 Å². The van der Waals surface area contributed by atoms with E-state index in [0.29, 0.717) is 10.7 Å². The first-order chi connectivity index (χ1) is 12.3. The number of nitrogens with zero attached hydrogens (tertiary/aromatic N) is 2. The smallest absolute Gasteiger partial charge is 0.343 e. The normalized spacial score (nSPS) is 12.2. The van der Waals surface area contributed by atoms with Crippen molar-refractivity contribution in [2.45, 2.75) is 13.8 Å². The number of ether oxygens (including phenoxy) is 1. The second-order valence-corrected chi connectivity index (χ2v) is 6.27. The summed E-state index contributed by atoms with van der Waals surface area (Å²) < 4.78 is 4.99. The third-order valence-corrected chi connectivity index (χ3v) is 4.14. The summed E-state index contributed by atoms with van der Waals surface area (Å²) in [5.41, 5.74) is 1.23. The van der Waals surface area contributed by atoms with Crippen molar-refractivity contribution in [1.82, 2.24) is 4.98 Å². The Morgan fingerprint density at radius 3 is 2.62 bits per heavy atom. The van der Waals surface area contributed by atoms with Crippen molar-refractivity contribution in [3.63, 3.8) is 0 Å². The average Bonchev–Trinajstić information content (AvgIpc) is 2.57. The number of halogens is 3. The molecule has 0 atom stereocenters. The van der Waals surface area contributed by atoms with Crippen LogP contribution in [-0.2, 0) is 9.53 Å². The molecule has 0 saturated heterocycles. The van der Waals surface area contributed by atoms with E-state index in [1.165, 1.54) is 18.3 Å². The highest BCUT2D eigenvalue weighted by atomic mass is 35.5. The first-order valence-corrected chi connectivity index (χ1v) is 8.70. The molecule has 1 N–H and O–H groups in total. The Labute approximate surface area is 165 Å². The molecule has 0 aliphatic heterocycles. The number of esters is 1. The van der Waals surface area contributed by atoms with Crippen LogP contribution in [0.5, 0.6) is 0 Å². The molecule has 136 valence electrons. The van der Waals surface area contributed by atoms with Gasteiger partial charge in [-0.1, -0.05) is 46.9 Å². The van der Waals surface area contributed by atoms with Gasteiger partial charge in [-0.25, -0.2) is 9.78 Å². The number of para-hydroxylation sites is 1. The fourth-order valence-electron chi connectivity index (χ4n) is 2.07. The number of carbonyl (C=O) groups excluding carboxylic acids is 1. The summed E-state index contributed by atoms with van der Waals surface area (Å²) in [6.07, 6.45) is 1.19. The average molecular weight is 414 g/mol. The summed E-state index contributed by atoms with van der Waals surface area (Å²) in [6, 6.07) is 8.17. The van der Waals surface area contributed by atoms with Crippen molar-refractivity contribution >= 4 is 58.4 Å². The minimum atomic E-state index is -0.760. The van der Waals surface area contributed by atoms with Crippen molar-refractivity contribution in [2.24, 2.45) is 4.99 Å². The van der Waals surface area contributed by atoms with E-state index in [1.54, 1.807) is 19.1 Å². The minimum absolute atomic E-state index is 0.0564. The summed E-state index contributed by atoms with van der Waals surface area (Å²) >= 11 is 17.9. The summed E-state index contributed by atoms with van der Waals surface area (Å²) in [6.45, 7) is 3.60. The molecule has 0 spiro atoms. The zero-order chi connectivity index (χ0) is 19.3. The Kier molecular flexibility index (Phi) is 7.03. The Hall–Kier alpha value is -2.08. The predicted octanol–water partition coefficient (Wildman–Crippen LogP) is 5.58. The maximum absolute atomic E-state index is 12.3. The number of rotatable bonds is 5. The maximum Gasteiger partial charge on any atom is 0.343 e. The first kappa shape index (κ1) is 20.2. The van der Waals surface area contributed by atoms with Gasteiger partial charge < -0.3 is 9.84 Å². The fourth-order valence-corrected chi connectivity index (χ4v) is 2.77. The summed E-state index contributed by atoms with van der Waals surface area (Å²) in [7, 11) is 0. The molecule has 0 amide bonds. The van der Waals surface area contributed by atoms with Crippen molar-refractivity contribution in [3.05, 3.63) is 62.4 Å². The van der Waals surface area contributed by atoms with Gasteiger partial charge in [0.05, 0.1) is 22.9 Å². The zero-order valence-corrected chi connectivity index (χ0v) is 16.2. The molecule has 2 rings (SSSR count). The molecule has 1 heterocycles. The van der Waals surface area contributed by atoms with Gasteiger partial charge in [0, 0.05) is 6.21 Å². The molecular formula is C18H15Cl3N2O3. The molecule has 1 aromatic carbocycles. The van der Waals surface area contributed by atoms with Gasteiger partial charge in [0.15, 0.2) is 0 Å². The monoisotopic (exact) mass is 412 g/mol. The standard InChI is InChI=1S/C18H15Cl3N2O3/c1-3-26-18(25)12(9-22-15-10(2)5-4-6-13(15)19)16(24)11-7-8-14(20)23-17(11)21/h4-9,24H,3H2,1-2H3/b16-12-,22-9?. The van der Waals surface area contributed by atoms with E-state index in [4.69, 9.17) is 39.5 Å². The van der Waals surface area contributed by atoms with E-state index in [9.17, 15) is 9.90 Å². The number of hydrogen-bond acceptors (Lipinski definition) is 5. The molecule has 0 unspecified atom stereocenters. The second kappa shape index (κ2) is 9.03. The number of hydrogen-bond donors (Lipinski definition) is 1.